The fourth-order valence-electron chi connectivity index (χ4n) is 1.66. The first-order chi connectivity index (χ1) is 9.06. The molecule has 0 heterocycles. The first-order valence-corrected chi connectivity index (χ1v) is 6.63. The van der Waals surface area contributed by atoms with Crippen LogP contribution in [0.5, 0.6) is 5.75 Å². The number of nitrogens with two attached hydrogens (primary N) is 1. The van der Waals surface area contributed by atoms with Gasteiger partial charge in [-0.3, -0.25) is 4.79 Å². The van der Waals surface area contributed by atoms with Crippen molar-refractivity contribution in [2.45, 2.75) is 13.5 Å². The predicted molar refractivity (Wildman–Crippen MR) is 78.2 cm³/mol. The molecule has 0 atom stereocenters. The van der Waals surface area contributed by atoms with Crippen LogP contribution in [-0.4, -0.2) is 5.91 Å². The second-order valence-corrected chi connectivity index (χ2v) is 5.18. The molecular formula is C15H14BrNO2. The number of hydrogen-bond acceptors (Lipinski definition) is 2. The Labute approximate surface area is 120 Å². The molecule has 4 heteroatoms. The fourth-order valence-corrected chi connectivity index (χ4v) is 2.00. The van der Waals surface area contributed by atoms with Gasteiger partial charge in [0.2, 0.25) is 5.91 Å². The molecule has 0 spiro atoms. The van der Waals surface area contributed by atoms with Crippen LogP contribution in [0.2, 0.25) is 0 Å². The van der Waals surface area contributed by atoms with Crippen LogP contribution in [-0.2, 0) is 6.61 Å². The average Bonchev–Trinajstić information content (AvgIpc) is 2.40. The highest BCUT2D eigenvalue weighted by Gasteiger charge is 2.03. The van der Waals surface area contributed by atoms with Crippen molar-refractivity contribution < 1.29 is 9.53 Å². The quantitative estimate of drug-likeness (QED) is 0.938. The molecule has 0 fully saturated rings. The molecule has 2 rings (SSSR count). The van der Waals surface area contributed by atoms with Crippen molar-refractivity contribution in [2.24, 2.45) is 5.73 Å². The fraction of sp³-hybridized carbons (Fsp3) is 0.133. The standard InChI is InChI=1S/C15H14BrNO2/c1-10-2-7-13(16)8-14(10)19-9-11-3-5-12(6-4-11)15(17)18/h2-8H,9H2,1H3,(H2,17,18). The van der Waals surface area contributed by atoms with Gasteiger partial charge in [-0.15, -0.1) is 0 Å². The lowest BCUT2D eigenvalue weighted by Crippen LogP contribution is -2.10. The van der Waals surface area contributed by atoms with Gasteiger partial charge in [0.25, 0.3) is 0 Å². The smallest absolute Gasteiger partial charge is 0.248 e. The Morgan fingerprint density at radius 1 is 1.21 bits per heavy atom. The van der Waals surface area contributed by atoms with Gasteiger partial charge in [0.1, 0.15) is 12.4 Å². The molecule has 0 saturated heterocycles. The molecule has 98 valence electrons. The monoisotopic (exact) mass is 319 g/mol. The highest BCUT2D eigenvalue weighted by Crippen LogP contribution is 2.23. The average molecular weight is 320 g/mol. The van der Waals surface area contributed by atoms with Crippen molar-refractivity contribution in [2.75, 3.05) is 0 Å². The highest BCUT2D eigenvalue weighted by atomic mass is 79.9. The number of carbonyl (C=O) groups is 1. The van der Waals surface area contributed by atoms with Crippen LogP contribution in [0, 0.1) is 6.92 Å². The zero-order valence-electron chi connectivity index (χ0n) is 10.5. The maximum absolute atomic E-state index is 11.0. The lowest BCUT2D eigenvalue weighted by atomic mass is 10.1. The number of amides is 1. The molecule has 2 N–H and O–H groups in total. The van der Waals surface area contributed by atoms with Crippen molar-refractivity contribution in [3.05, 3.63) is 63.6 Å². The van der Waals surface area contributed by atoms with Crippen molar-refractivity contribution >= 4 is 21.8 Å². The molecule has 0 saturated carbocycles. The SMILES string of the molecule is Cc1ccc(Br)cc1OCc1ccc(C(N)=O)cc1. The Balaban J connectivity index is 2.06. The molecule has 3 nitrogen and oxygen atoms in total. The van der Waals surface area contributed by atoms with Crippen LogP contribution in [0.15, 0.2) is 46.9 Å². The molecule has 2 aromatic rings. The number of hydrogen-bond donors (Lipinski definition) is 1. The van der Waals surface area contributed by atoms with E-state index in [-0.39, 0.29) is 0 Å². The second kappa shape index (κ2) is 5.89. The van der Waals surface area contributed by atoms with Gasteiger partial charge in [0, 0.05) is 10.0 Å². The lowest BCUT2D eigenvalue weighted by molar-refractivity contribution is 0.1000. The minimum Gasteiger partial charge on any atom is -0.489 e. The molecule has 0 radical (unpaired) electrons. The lowest BCUT2D eigenvalue weighted by Gasteiger charge is -2.09. The molecule has 0 aliphatic carbocycles. The van der Waals surface area contributed by atoms with Crippen LogP contribution >= 0.6 is 15.9 Å². The molecule has 0 aliphatic rings. The largest absolute Gasteiger partial charge is 0.489 e. The molecule has 19 heavy (non-hydrogen) atoms. The second-order valence-electron chi connectivity index (χ2n) is 4.26. The molecule has 0 aliphatic heterocycles. The summed E-state index contributed by atoms with van der Waals surface area (Å²) in [5.41, 5.74) is 7.76. The Bertz CT molecular complexity index is 594. The molecule has 1 amide bonds. The summed E-state index contributed by atoms with van der Waals surface area (Å²) in [6.07, 6.45) is 0. The number of rotatable bonds is 4. The van der Waals surface area contributed by atoms with E-state index in [2.05, 4.69) is 15.9 Å². The van der Waals surface area contributed by atoms with E-state index >= 15 is 0 Å². The highest BCUT2D eigenvalue weighted by molar-refractivity contribution is 9.10. The van der Waals surface area contributed by atoms with E-state index in [0.717, 1.165) is 21.3 Å². The van der Waals surface area contributed by atoms with Crippen molar-refractivity contribution in [1.82, 2.24) is 0 Å². The van der Waals surface area contributed by atoms with E-state index in [1.165, 1.54) is 0 Å². The number of ether oxygens (including phenoxy) is 1. The zero-order chi connectivity index (χ0) is 13.8. The third-order valence-corrected chi connectivity index (χ3v) is 3.28. The van der Waals surface area contributed by atoms with Gasteiger partial charge >= 0.3 is 0 Å². The van der Waals surface area contributed by atoms with Crippen molar-refractivity contribution in [3.8, 4) is 5.75 Å². The first-order valence-electron chi connectivity index (χ1n) is 5.84. The molecule has 0 bridgehead atoms. The van der Waals surface area contributed by atoms with E-state index < -0.39 is 5.91 Å². The third kappa shape index (κ3) is 3.58. The topological polar surface area (TPSA) is 52.3 Å². The number of benzene rings is 2. The number of aryl methyl sites for hydroxylation is 1. The summed E-state index contributed by atoms with van der Waals surface area (Å²) < 4.78 is 6.74. The summed E-state index contributed by atoms with van der Waals surface area (Å²) in [7, 11) is 0. The minimum absolute atomic E-state index is 0.421. The number of halogens is 1. The van der Waals surface area contributed by atoms with Gasteiger partial charge in [0.15, 0.2) is 0 Å². The summed E-state index contributed by atoms with van der Waals surface area (Å²) in [4.78, 5) is 11.0. The van der Waals surface area contributed by atoms with Crippen LogP contribution in [0.25, 0.3) is 0 Å². The Kier molecular flexibility index (Phi) is 4.22. The summed E-state index contributed by atoms with van der Waals surface area (Å²) in [6.45, 7) is 2.45. The maximum Gasteiger partial charge on any atom is 0.248 e. The summed E-state index contributed by atoms with van der Waals surface area (Å²) in [5, 5.41) is 0. The van der Waals surface area contributed by atoms with Crippen LogP contribution < -0.4 is 10.5 Å². The molecule has 0 unspecified atom stereocenters. The van der Waals surface area contributed by atoms with Gasteiger partial charge in [-0.2, -0.15) is 0 Å². The molecule has 0 aromatic heterocycles. The summed E-state index contributed by atoms with van der Waals surface area (Å²) in [5.74, 6) is 0.420. The number of carbonyl (C=O) groups excluding carboxylic acids is 1. The summed E-state index contributed by atoms with van der Waals surface area (Å²) >= 11 is 3.42. The van der Waals surface area contributed by atoms with Crippen LogP contribution in [0.3, 0.4) is 0 Å². The van der Waals surface area contributed by atoms with Crippen LogP contribution in [0.1, 0.15) is 21.5 Å². The third-order valence-electron chi connectivity index (χ3n) is 2.78. The Morgan fingerprint density at radius 2 is 1.89 bits per heavy atom. The Morgan fingerprint density at radius 3 is 2.53 bits per heavy atom. The molecular weight excluding hydrogens is 306 g/mol. The van der Waals surface area contributed by atoms with E-state index in [1.807, 2.05) is 37.3 Å². The summed E-state index contributed by atoms with van der Waals surface area (Å²) in [6, 6.07) is 13.0. The van der Waals surface area contributed by atoms with Gasteiger partial charge in [0.05, 0.1) is 0 Å². The van der Waals surface area contributed by atoms with Gasteiger partial charge in [-0.1, -0.05) is 34.1 Å². The number of primary amides is 1. The van der Waals surface area contributed by atoms with Gasteiger partial charge in [-0.05, 0) is 42.3 Å². The minimum atomic E-state index is -0.421. The van der Waals surface area contributed by atoms with E-state index in [4.69, 9.17) is 10.5 Å². The van der Waals surface area contributed by atoms with Gasteiger partial charge < -0.3 is 10.5 Å². The van der Waals surface area contributed by atoms with E-state index in [9.17, 15) is 4.79 Å². The first kappa shape index (κ1) is 13.6. The van der Waals surface area contributed by atoms with Gasteiger partial charge in [-0.25, -0.2) is 0 Å². The zero-order valence-corrected chi connectivity index (χ0v) is 12.1. The van der Waals surface area contributed by atoms with Crippen molar-refractivity contribution in [1.29, 1.82) is 0 Å². The van der Waals surface area contributed by atoms with Crippen LogP contribution in [0.4, 0.5) is 0 Å². The van der Waals surface area contributed by atoms with Crippen molar-refractivity contribution in [3.63, 3.8) is 0 Å². The van der Waals surface area contributed by atoms with E-state index in [0.29, 0.717) is 12.2 Å². The maximum atomic E-state index is 11.0. The normalized spacial score (nSPS) is 10.2. The Hall–Kier alpha value is -1.81. The predicted octanol–water partition coefficient (Wildman–Crippen LogP) is 3.44. The van der Waals surface area contributed by atoms with E-state index in [1.54, 1.807) is 12.1 Å². The molecule has 2 aromatic carbocycles.